The fraction of sp³-hybridized carbons (Fsp3) is 0.273. The summed E-state index contributed by atoms with van der Waals surface area (Å²) in [5.74, 6) is -1.27. The normalized spacial score (nSPS) is 10.6. The van der Waals surface area contributed by atoms with Crippen molar-refractivity contribution in [2.45, 2.75) is 6.92 Å². The molecule has 0 unspecified atom stereocenters. The highest BCUT2D eigenvalue weighted by atomic mass is 19.1. The van der Waals surface area contributed by atoms with E-state index in [1.807, 2.05) is 0 Å². The summed E-state index contributed by atoms with van der Waals surface area (Å²) >= 11 is 0. The average molecular weight is 281 g/mol. The zero-order chi connectivity index (χ0) is 14.9. The van der Waals surface area contributed by atoms with Gasteiger partial charge in [-0.05, 0) is 29.0 Å². The van der Waals surface area contributed by atoms with Crippen molar-refractivity contribution in [3.8, 4) is 11.4 Å². The molecule has 1 heterocycles. The van der Waals surface area contributed by atoms with Gasteiger partial charge in [-0.25, -0.2) is 9.18 Å². The monoisotopic (exact) mass is 281 g/mol. The number of hydrogen-bond donors (Lipinski definition) is 1. The third-order valence-electron chi connectivity index (χ3n) is 2.56. The van der Waals surface area contributed by atoms with Gasteiger partial charge in [0, 0.05) is 13.1 Å². The summed E-state index contributed by atoms with van der Waals surface area (Å²) in [5.41, 5.74) is 4.92. The zero-order valence-electron chi connectivity index (χ0n) is 10.8. The molecule has 8 nitrogen and oxygen atoms in total. The van der Waals surface area contributed by atoms with E-state index >= 15 is 0 Å². The Morgan fingerprint density at radius 2 is 2.15 bits per heavy atom. The van der Waals surface area contributed by atoms with Crippen molar-refractivity contribution in [3.05, 3.63) is 34.0 Å². The Bertz CT molecular complexity index is 721. The SMILES string of the molecule is Cc1cc(-n2nnn(C)c2=O)c(OCC(N)=O)cc1F. The summed E-state index contributed by atoms with van der Waals surface area (Å²) in [6.45, 7) is 1.09. The number of halogens is 1. The molecule has 2 rings (SSSR count). The summed E-state index contributed by atoms with van der Waals surface area (Å²) in [5, 5.41) is 7.20. The fourth-order valence-corrected chi connectivity index (χ4v) is 1.54. The Balaban J connectivity index is 2.55. The molecule has 0 aliphatic carbocycles. The molecule has 0 radical (unpaired) electrons. The maximum absolute atomic E-state index is 13.6. The van der Waals surface area contributed by atoms with E-state index in [-0.39, 0.29) is 11.4 Å². The second kappa shape index (κ2) is 5.11. The lowest BCUT2D eigenvalue weighted by Crippen LogP contribution is -2.24. The number of nitrogens with zero attached hydrogens (tertiary/aromatic N) is 4. The minimum Gasteiger partial charge on any atom is -0.481 e. The van der Waals surface area contributed by atoms with Crippen LogP contribution in [0.3, 0.4) is 0 Å². The van der Waals surface area contributed by atoms with E-state index in [9.17, 15) is 14.0 Å². The number of hydrogen-bond acceptors (Lipinski definition) is 5. The lowest BCUT2D eigenvalue weighted by atomic mass is 10.2. The molecule has 0 spiro atoms. The number of primary amides is 1. The number of ether oxygens (including phenoxy) is 1. The van der Waals surface area contributed by atoms with Crippen LogP contribution < -0.4 is 16.2 Å². The van der Waals surface area contributed by atoms with E-state index in [1.165, 1.54) is 20.0 Å². The molecule has 0 aliphatic heterocycles. The summed E-state index contributed by atoms with van der Waals surface area (Å²) in [4.78, 5) is 22.6. The van der Waals surface area contributed by atoms with Crippen LogP contribution in [0.4, 0.5) is 4.39 Å². The number of aromatic nitrogens is 4. The Kier molecular flexibility index (Phi) is 3.51. The molecule has 0 bridgehead atoms. The van der Waals surface area contributed by atoms with Crippen LogP contribution in [0.1, 0.15) is 5.56 Å². The lowest BCUT2D eigenvalue weighted by molar-refractivity contribution is -0.119. The molecule has 9 heteroatoms. The van der Waals surface area contributed by atoms with Gasteiger partial charge in [0.15, 0.2) is 6.61 Å². The molecule has 0 atom stereocenters. The highest BCUT2D eigenvalue weighted by Gasteiger charge is 2.15. The van der Waals surface area contributed by atoms with E-state index in [4.69, 9.17) is 10.5 Å². The summed E-state index contributed by atoms with van der Waals surface area (Å²) < 4.78 is 20.6. The first-order chi connectivity index (χ1) is 9.40. The Labute approximate surface area is 112 Å². The number of carbonyl (C=O) groups is 1. The van der Waals surface area contributed by atoms with Crippen molar-refractivity contribution in [1.29, 1.82) is 0 Å². The molecule has 0 aliphatic rings. The first kappa shape index (κ1) is 13.7. The number of carbonyl (C=O) groups excluding carboxylic acids is 1. The summed E-state index contributed by atoms with van der Waals surface area (Å²) in [6.07, 6.45) is 0. The standard InChI is InChI=1S/C11H12FN5O3/c1-6-3-8(17-11(19)16(2)14-15-17)9(4-7(6)12)20-5-10(13)18/h3-4H,5H2,1-2H3,(H2,13,18). The molecule has 1 aromatic heterocycles. The van der Waals surface area contributed by atoms with Crippen LogP contribution in [0, 0.1) is 12.7 Å². The van der Waals surface area contributed by atoms with Gasteiger partial charge in [0.25, 0.3) is 5.91 Å². The number of rotatable bonds is 4. The number of benzene rings is 1. The number of amides is 1. The predicted molar refractivity (Wildman–Crippen MR) is 66.0 cm³/mol. The van der Waals surface area contributed by atoms with E-state index in [0.717, 1.165) is 15.4 Å². The third-order valence-corrected chi connectivity index (χ3v) is 2.56. The van der Waals surface area contributed by atoms with Crippen molar-refractivity contribution >= 4 is 5.91 Å². The molecule has 0 saturated carbocycles. The molecular formula is C11H12FN5O3. The van der Waals surface area contributed by atoms with Gasteiger partial charge in [0.2, 0.25) is 0 Å². The fourth-order valence-electron chi connectivity index (χ4n) is 1.54. The molecular weight excluding hydrogens is 269 g/mol. The van der Waals surface area contributed by atoms with Gasteiger partial charge < -0.3 is 10.5 Å². The van der Waals surface area contributed by atoms with Crippen LogP contribution in [0.15, 0.2) is 16.9 Å². The van der Waals surface area contributed by atoms with E-state index in [2.05, 4.69) is 10.4 Å². The molecule has 0 saturated heterocycles. The molecule has 20 heavy (non-hydrogen) atoms. The molecule has 2 N–H and O–H groups in total. The third kappa shape index (κ3) is 2.51. The second-order valence-electron chi connectivity index (χ2n) is 4.12. The van der Waals surface area contributed by atoms with Gasteiger partial charge in [-0.1, -0.05) is 0 Å². The van der Waals surface area contributed by atoms with Crippen LogP contribution in [-0.4, -0.2) is 32.3 Å². The zero-order valence-corrected chi connectivity index (χ0v) is 10.8. The molecule has 106 valence electrons. The van der Waals surface area contributed by atoms with Crippen molar-refractivity contribution in [3.63, 3.8) is 0 Å². The molecule has 1 aromatic carbocycles. The first-order valence-electron chi connectivity index (χ1n) is 5.60. The van der Waals surface area contributed by atoms with E-state index in [1.54, 1.807) is 0 Å². The minimum absolute atomic E-state index is 0.0190. The highest BCUT2D eigenvalue weighted by Crippen LogP contribution is 2.24. The van der Waals surface area contributed by atoms with Crippen molar-refractivity contribution in [2.75, 3.05) is 6.61 Å². The topological polar surface area (TPSA) is 105 Å². The van der Waals surface area contributed by atoms with E-state index < -0.39 is 24.0 Å². The summed E-state index contributed by atoms with van der Waals surface area (Å²) in [6, 6.07) is 2.44. The van der Waals surface area contributed by atoms with Crippen molar-refractivity contribution in [1.82, 2.24) is 19.8 Å². The second-order valence-corrected chi connectivity index (χ2v) is 4.12. The maximum Gasteiger partial charge on any atom is 0.368 e. The van der Waals surface area contributed by atoms with Crippen LogP contribution in [0.2, 0.25) is 0 Å². The van der Waals surface area contributed by atoms with Crippen LogP contribution >= 0.6 is 0 Å². The van der Waals surface area contributed by atoms with Crippen molar-refractivity contribution in [2.24, 2.45) is 12.8 Å². The van der Waals surface area contributed by atoms with Crippen LogP contribution in [0.5, 0.6) is 5.75 Å². The number of tetrazole rings is 1. The minimum atomic E-state index is -0.719. The van der Waals surface area contributed by atoms with Gasteiger partial charge in [0.1, 0.15) is 17.3 Å². The average Bonchev–Trinajstić information content (AvgIpc) is 2.71. The first-order valence-corrected chi connectivity index (χ1v) is 5.60. The molecule has 1 amide bonds. The van der Waals surface area contributed by atoms with Gasteiger partial charge >= 0.3 is 5.69 Å². The van der Waals surface area contributed by atoms with Crippen LogP contribution in [-0.2, 0) is 11.8 Å². The number of nitrogens with two attached hydrogens (primary N) is 1. The van der Waals surface area contributed by atoms with Gasteiger partial charge in [-0.15, -0.1) is 0 Å². The maximum atomic E-state index is 13.6. The Hall–Kier alpha value is -2.71. The molecule has 0 fully saturated rings. The smallest absolute Gasteiger partial charge is 0.368 e. The highest BCUT2D eigenvalue weighted by molar-refractivity contribution is 5.75. The lowest BCUT2D eigenvalue weighted by Gasteiger charge is -2.10. The van der Waals surface area contributed by atoms with Crippen molar-refractivity contribution < 1.29 is 13.9 Å². The quantitative estimate of drug-likeness (QED) is 0.796. The van der Waals surface area contributed by atoms with E-state index in [0.29, 0.717) is 5.56 Å². The van der Waals surface area contributed by atoms with Gasteiger partial charge in [0.05, 0.1) is 0 Å². The Morgan fingerprint density at radius 1 is 1.45 bits per heavy atom. The predicted octanol–water partition coefficient (Wildman–Crippen LogP) is -0.722. The largest absolute Gasteiger partial charge is 0.481 e. The van der Waals surface area contributed by atoms with Gasteiger partial charge in [-0.3, -0.25) is 4.79 Å². The molecule has 2 aromatic rings. The van der Waals surface area contributed by atoms with Crippen LogP contribution in [0.25, 0.3) is 5.69 Å². The Morgan fingerprint density at radius 3 is 2.70 bits per heavy atom. The summed E-state index contributed by atoms with van der Waals surface area (Å²) in [7, 11) is 1.42. The van der Waals surface area contributed by atoms with Gasteiger partial charge in [-0.2, -0.15) is 9.36 Å². The number of aryl methyl sites for hydroxylation is 2.